The average molecular weight is 341 g/mol. The lowest BCUT2D eigenvalue weighted by atomic mass is 10.2. The summed E-state index contributed by atoms with van der Waals surface area (Å²) in [5.41, 5.74) is 2.35. The Bertz CT molecular complexity index is 582. The molecule has 0 aromatic carbocycles. The van der Waals surface area contributed by atoms with Crippen molar-refractivity contribution in [3.8, 4) is 0 Å². The van der Waals surface area contributed by atoms with Gasteiger partial charge < -0.3 is 10.2 Å². The molecule has 2 aromatic rings. The molecule has 0 fully saturated rings. The Labute approximate surface area is 126 Å². The highest BCUT2D eigenvalue weighted by Crippen LogP contribution is 2.26. The van der Waals surface area contributed by atoms with Gasteiger partial charge in [-0.3, -0.25) is 0 Å². The van der Waals surface area contributed by atoms with E-state index in [0.717, 1.165) is 33.4 Å². The minimum atomic E-state index is 0.781. The summed E-state index contributed by atoms with van der Waals surface area (Å²) < 4.78 is 1.16. The van der Waals surface area contributed by atoms with Crippen LogP contribution in [0.2, 0.25) is 0 Å². The number of aryl methyl sites for hydroxylation is 1. The zero-order valence-electron chi connectivity index (χ0n) is 11.5. The number of rotatable bonds is 4. The van der Waals surface area contributed by atoms with Crippen molar-refractivity contribution in [2.75, 3.05) is 24.3 Å². The van der Waals surface area contributed by atoms with E-state index in [-0.39, 0.29) is 0 Å². The summed E-state index contributed by atoms with van der Waals surface area (Å²) in [5.74, 6) is 2.64. The molecule has 1 N–H and O–H groups in total. The van der Waals surface area contributed by atoms with Gasteiger partial charge in [0, 0.05) is 26.2 Å². The Kier molecular flexibility index (Phi) is 4.42. The van der Waals surface area contributed by atoms with Crippen LogP contribution in [-0.2, 0) is 6.54 Å². The predicted octanol–water partition coefficient (Wildman–Crippen LogP) is 3.60. The quantitative estimate of drug-likeness (QED) is 0.923. The van der Waals surface area contributed by atoms with Crippen LogP contribution >= 0.6 is 27.3 Å². The molecule has 2 rings (SSSR count). The van der Waals surface area contributed by atoms with Gasteiger partial charge in [-0.2, -0.15) is 0 Å². The maximum atomic E-state index is 4.55. The van der Waals surface area contributed by atoms with E-state index in [2.05, 4.69) is 54.6 Å². The topological polar surface area (TPSA) is 41.1 Å². The fraction of sp³-hybridized carbons (Fsp3) is 0.385. The van der Waals surface area contributed by atoms with Crippen molar-refractivity contribution in [1.29, 1.82) is 0 Å². The van der Waals surface area contributed by atoms with Crippen LogP contribution in [0.3, 0.4) is 0 Å². The number of nitrogens with zero attached hydrogens (tertiary/aromatic N) is 3. The molecule has 2 aromatic heterocycles. The fourth-order valence-electron chi connectivity index (χ4n) is 2.01. The molecule has 19 heavy (non-hydrogen) atoms. The highest BCUT2D eigenvalue weighted by Gasteiger charge is 2.13. The van der Waals surface area contributed by atoms with Crippen molar-refractivity contribution in [2.45, 2.75) is 20.4 Å². The van der Waals surface area contributed by atoms with Crippen LogP contribution in [-0.4, -0.2) is 24.1 Å². The Morgan fingerprint density at radius 1 is 1.37 bits per heavy atom. The van der Waals surface area contributed by atoms with Crippen LogP contribution in [0, 0.1) is 13.8 Å². The maximum absolute atomic E-state index is 4.55. The number of hydrogen-bond donors (Lipinski definition) is 1. The summed E-state index contributed by atoms with van der Waals surface area (Å²) in [6.45, 7) is 4.79. The van der Waals surface area contributed by atoms with Gasteiger partial charge in [0.05, 0.1) is 3.79 Å². The van der Waals surface area contributed by atoms with Gasteiger partial charge >= 0.3 is 0 Å². The Hall–Kier alpha value is -1.14. The van der Waals surface area contributed by atoms with Gasteiger partial charge in [0.1, 0.15) is 17.5 Å². The molecule has 6 heteroatoms. The molecule has 0 aliphatic rings. The number of halogens is 1. The Morgan fingerprint density at radius 3 is 2.68 bits per heavy atom. The van der Waals surface area contributed by atoms with E-state index >= 15 is 0 Å². The molecular formula is C13H17BrN4S. The van der Waals surface area contributed by atoms with E-state index in [1.54, 1.807) is 11.3 Å². The smallest absolute Gasteiger partial charge is 0.137 e. The molecule has 4 nitrogen and oxygen atoms in total. The lowest BCUT2D eigenvalue weighted by Crippen LogP contribution is -2.20. The first kappa shape index (κ1) is 14.3. The van der Waals surface area contributed by atoms with Gasteiger partial charge in [-0.15, -0.1) is 11.3 Å². The molecule has 2 heterocycles. The lowest BCUT2D eigenvalue weighted by Gasteiger charge is -2.21. The molecule has 0 saturated carbocycles. The third kappa shape index (κ3) is 3.25. The van der Waals surface area contributed by atoms with Crippen molar-refractivity contribution in [3.63, 3.8) is 0 Å². The van der Waals surface area contributed by atoms with E-state index in [1.165, 1.54) is 5.56 Å². The van der Waals surface area contributed by atoms with Gasteiger partial charge in [-0.05, 0) is 46.8 Å². The van der Waals surface area contributed by atoms with Crippen molar-refractivity contribution >= 4 is 38.9 Å². The molecule has 0 unspecified atom stereocenters. The van der Waals surface area contributed by atoms with Crippen molar-refractivity contribution in [2.24, 2.45) is 0 Å². The lowest BCUT2D eigenvalue weighted by molar-refractivity contribution is 0.873. The highest BCUT2D eigenvalue weighted by atomic mass is 79.9. The van der Waals surface area contributed by atoms with Crippen molar-refractivity contribution in [1.82, 2.24) is 9.97 Å². The van der Waals surface area contributed by atoms with E-state index in [4.69, 9.17) is 0 Å². The van der Waals surface area contributed by atoms with Gasteiger partial charge in [-0.25, -0.2) is 9.97 Å². The average Bonchev–Trinajstić information content (AvgIpc) is 2.77. The normalized spacial score (nSPS) is 10.6. The third-order valence-electron chi connectivity index (χ3n) is 2.87. The summed E-state index contributed by atoms with van der Waals surface area (Å²) in [6, 6.07) is 2.14. The van der Waals surface area contributed by atoms with Gasteiger partial charge in [0.2, 0.25) is 0 Å². The summed E-state index contributed by atoms with van der Waals surface area (Å²) in [4.78, 5) is 11.1. The zero-order chi connectivity index (χ0) is 14.0. The first-order chi connectivity index (χ1) is 9.01. The molecule has 0 atom stereocenters. The molecule has 0 spiro atoms. The van der Waals surface area contributed by atoms with Crippen LogP contribution in [0.5, 0.6) is 0 Å². The maximum Gasteiger partial charge on any atom is 0.137 e. The molecule has 0 aliphatic heterocycles. The van der Waals surface area contributed by atoms with E-state index in [0.29, 0.717) is 0 Å². The summed E-state index contributed by atoms with van der Waals surface area (Å²) in [5, 5.41) is 5.27. The molecule has 0 amide bonds. The Morgan fingerprint density at radius 2 is 2.11 bits per heavy atom. The van der Waals surface area contributed by atoms with E-state index < -0.39 is 0 Å². The SMILES string of the molecule is CNc1nc(C)nc(N(C)Cc2csc(Br)c2)c1C. The monoisotopic (exact) mass is 340 g/mol. The molecule has 0 bridgehead atoms. The summed E-state index contributed by atoms with van der Waals surface area (Å²) in [7, 11) is 3.94. The van der Waals surface area contributed by atoms with Crippen LogP contribution in [0.4, 0.5) is 11.6 Å². The number of thiophene rings is 1. The number of anilines is 2. The third-order valence-corrected chi connectivity index (χ3v) is 4.43. The molecule has 0 radical (unpaired) electrons. The largest absolute Gasteiger partial charge is 0.373 e. The minimum Gasteiger partial charge on any atom is -0.373 e. The molecule has 0 aliphatic carbocycles. The standard InChI is InChI=1S/C13H17BrN4S/c1-8-12(15-3)16-9(2)17-13(8)18(4)6-10-5-11(14)19-7-10/h5,7H,6H2,1-4H3,(H,15,16,17). The second kappa shape index (κ2) is 5.88. The second-order valence-electron chi connectivity index (χ2n) is 4.43. The van der Waals surface area contributed by atoms with Gasteiger partial charge in [0.15, 0.2) is 0 Å². The minimum absolute atomic E-state index is 0.781. The van der Waals surface area contributed by atoms with E-state index in [9.17, 15) is 0 Å². The summed E-state index contributed by atoms with van der Waals surface area (Å²) in [6.07, 6.45) is 0. The van der Waals surface area contributed by atoms with Crippen molar-refractivity contribution in [3.05, 3.63) is 32.2 Å². The van der Waals surface area contributed by atoms with Crippen LogP contribution < -0.4 is 10.2 Å². The second-order valence-corrected chi connectivity index (χ2v) is 6.72. The summed E-state index contributed by atoms with van der Waals surface area (Å²) >= 11 is 5.19. The zero-order valence-corrected chi connectivity index (χ0v) is 13.9. The Balaban J connectivity index is 2.28. The first-order valence-corrected chi connectivity index (χ1v) is 7.65. The number of hydrogen-bond acceptors (Lipinski definition) is 5. The van der Waals surface area contributed by atoms with E-state index in [1.807, 2.05) is 20.9 Å². The molecular weight excluding hydrogens is 324 g/mol. The van der Waals surface area contributed by atoms with Crippen LogP contribution in [0.1, 0.15) is 17.0 Å². The molecule has 102 valence electrons. The predicted molar refractivity (Wildman–Crippen MR) is 85.2 cm³/mol. The molecule has 0 saturated heterocycles. The van der Waals surface area contributed by atoms with Crippen molar-refractivity contribution < 1.29 is 0 Å². The fourth-order valence-corrected chi connectivity index (χ4v) is 3.21. The number of aromatic nitrogens is 2. The van der Waals surface area contributed by atoms with Crippen LogP contribution in [0.15, 0.2) is 15.2 Å². The van der Waals surface area contributed by atoms with Gasteiger partial charge in [-0.1, -0.05) is 0 Å². The van der Waals surface area contributed by atoms with Crippen LogP contribution in [0.25, 0.3) is 0 Å². The highest BCUT2D eigenvalue weighted by molar-refractivity contribution is 9.11. The number of nitrogens with one attached hydrogen (secondary N) is 1. The first-order valence-electron chi connectivity index (χ1n) is 5.98. The van der Waals surface area contributed by atoms with Gasteiger partial charge in [0.25, 0.3) is 0 Å².